The molecule has 3 saturated heterocycles. The fourth-order valence-corrected chi connectivity index (χ4v) is 12.3. The highest BCUT2D eigenvalue weighted by molar-refractivity contribution is 5.80. The molecule has 0 radical (unpaired) electrons. The number of hydrogen-bond donors (Lipinski definition) is 4. The highest BCUT2D eigenvalue weighted by Crippen LogP contribution is 2.68. The minimum Gasteiger partial charge on any atom is -0.392 e. The Hall–Kier alpha value is -1.11. The maximum atomic E-state index is 12.6. The molecule has 6 fully saturated rings. The van der Waals surface area contributed by atoms with E-state index in [0.29, 0.717) is 32.1 Å². The van der Waals surface area contributed by atoms with Crippen LogP contribution in [0.2, 0.25) is 0 Å². The number of ether oxygens (including phenoxy) is 9. The number of ketones is 1. The van der Waals surface area contributed by atoms with Crippen molar-refractivity contribution in [3.05, 3.63) is 11.6 Å². The van der Waals surface area contributed by atoms with E-state index < -0.39 is 84.8 Å². The van der Waals surface area contributed by atoms with Crippen LogP contribution < -0.4 is 0 Å². The van der Waals surface area contributed by atoms with E-state index in [1.165, 1.54) is 12.7 Å². The Morgan fingerprint density at radius 3 is 1.98 bits per heavy atom. The molecular weight excluding hydrogens is 728 g/mol. The standard InChI is InChI=1S/C42H68O14/c1-20(43)26-13-15-42(47)27-11-10-24-16-25(12-14-40(24,5)28(27)17-31(44)41(26,42)6)54-32-18-29(48-7)36(22(3)51-32)55-33-19-30(49-8)37(23(4)52-33)56-39-35(46)38(50-9)34(45)21(2)53-39/h10,21-23,25-39,44-47H,11-19H2,1-9H3/t21-,22-,23-,25+,26-,27-,28+,29+,30+,31-,32+,33+,34-,35-,36-,37-,38+,39+,40+,41+,42+/m1/s1. The number of Topliss-reactive ketones (excluding diaryl/α,β-unsaturated/α-hetero) is 1. The zero-order valence-corrected chi connectivity index (χ0v) is 34.7. The zero-order valence-electron chi connectivity index (χ0n) is 34.7. The van der Waals surface area contributed by atoms with Crippen molar-refractivity contribution in [3.63, 3.8) is 0 Å². The van der Waals surface area contributed by atoms with Gasteiger partial charge in [-0.25, -0.2) is 0 Å². The highest BCUT2D eigenvalue weighted by Gasteiger charge is 2.70. The Labute approximate surface area is 331 Å². The molecule has 0 bridgehead atoms. The van der Waals surface area contributed by atoms with Crippen molar-refractivity contribution in [1.29, 1.82) is 0 Å². The fraction of sp³-hybridized carbons (Fsp3) is 0.929. The molecule has 21 atom stereocenters. The molecule has 4 N–H and O–H groups in total. The predicted molar refractivity (Wildman–Crippen MR) is 200 cm³/mol. The Morgan fingerprint density at radius 2 is 1.38 bits per heavy atom. The topological polar surface area (TPSA) is 181 Å². The second-order valence-corrected chi connectivity index (χ2v) is 18.4. The summed E-state index contributed by atoms with van der Waals surface area (Å²) in [4.78, 5) is 12.6. The molecule has 0 aromatic heterocycles. The van der Waals surface area contributed by atoms with Crippen molar-refractivity contribution in [3.8, 4) is 0 Å². The van der Waals surface area contributed by atoms with Crippen molar-refractivity contribution in [2.24, 2.45) is 28.6 Å². The summed E-state index contributed by atoms with van der Waals surface area (Å²) < 4.78 is 55.2. The van der Waals surface area contributed by atoms with Crippen LogP contribution in [0.5, 0.6) is 0 Å². The molecule has 3 saturated carbocycles. The number of methoxy groups -OCH3 is 3. The molecule has 3 heterocycles. The summed E-state index contributed by atoms with van der Waals surface area (Å²) in [6, 6.07) is 0. The Balaban J connectivity index is 0.950. The van der Waals surface area contributed by atoms with Crippen LogP contribution >= 0.6 is 0 Å². The van der Waals surface area contributed by atoms with Gasteiger partial charge in [-0.05, 0) is 89.9 Å². The molecule has 14 nitrogen and oxygen atoms in total. The van der Waals surface area contributed by atoms with E-state index >= 15 is 0 Å². The maximum absolute atomic E-state index is 12.6. The summed E-state index contributed by atoms with van der Waals surface area (Å²) in [5.41, 5.74) is -0.732. The third-order valence-electron chi connectivity index (χ3n) is 15.7. The van der Waals surface area contributed by atoms with Gasteiger partial charge in [0, 0.05) is 45.5 Å². The van der Waals surface area contributed by atoms with Gasteiger partial charge in [-0.1, -0.05) is 25.5 Å². The largest absolute Gasteiger partial charge is 0.392 e. The van der Waals surface area contributed by atoms with Crippen molar-refractivity contribution < 1.29 is 67.9 Å². The Kier molecular flexibility index (Phi) is 12.6. The van der Waals surface area contributed by atoms with Gasteiger partial charge in [0.2, 0.25) is 0 Å². The first-order chi connectivity index (χ1) is 26.5. The molecule has 0 aromatic rings. The molecule has 0 spiro atoms. The molecule has 0 aromatic carbocycles. The van der Waals surface area contributed by atoms with Crippen molar-refractivity contribution >= 4 is 5.78 Å². The van der Waals surface area contributed by atoms with E-state index in [4.69, 9.17) is 42.6 Å². The van der Waals surface area contributed by atoms with E-state index in [0.717, 1.165) is 25.7 Å². The highest BCUT2D eigenvalue weighted by atomic mass is 16.8. The van der Waals surface area contributed by atoms with Crippen molar-refractivity contribution in [2.45, 2.75) is 197 Å². The predicted octanol–water partition coefficient (Wildman–Crippen LogP) is 3.18. The molecule has 14 heteroatoms. The van der Waals surface area contributed by atoms with Crippen LogP contribution in [0.25, 0.3) is 0 Å². The van der Waals surface area contributed by atoms with E-state index in [-0.39, 0.29) is 47.3 Å². The van der Waals surface area contributed by atoms with Gasteiger partial charge in [0.25, 0.3) is 0 Å². The van der Waals surface area contributed by atoms with Gasteiger partial charge in [0.1, 0.15) is 36.3 Å². The summed E-state index contributed by atoms with van der Waals surface area (Å²) >= 11 is 0. The summed E-state index contributed by atoms with van der Waals surface area (Å²) in [6.07, 6.45) is -1.20. The first-order valence-electron chi connectivity index (χ1n) is 21.0. The molecule has 0 unspecified atom stereocenters. The average Bonchev–Trinajstić information content (AvgIpc) is 3.45. The molecule has 320 valence electrons. The monoisotopic (exact) mass is 796 g/mol. The van der Waals surface area contributed by atoms with E-state index in [1.54, 1.807) is 28.1 Å². The minimum absolute atomic E-state index is 0.00312. The quantitative estimate of drug-likeness (QED) is 0.237. The molecule has 7 aliphatic rings. The minimum atomic E-state index is -1.21. The first-order valence-corrected chi connectivity index (χ1v) is 21.0. The van der Waals surface area contributed by atoms with Gasteiger partial charge in [-0.2, -0.15) is 0 Å². The lowest BCUT2D eigenvalue weighted by atomic mass is 9.45. The van der Waals surface area contributed by atoms with Crippen LogP contribution in [0.4, 0.5) is 0 Å². The Morgan fingerprint density at radius 1 is 0.750 bits per heavy atom. The van der Waals surface area contributed by atoms with Gasteiger partial charge < -0.3 is 63.1 Å². The number of carbonyl (C=O) groups excluding carboxylic acids is 1. The molecule has 0 amide bonds. The number of aliphatic hydroxyl groups is 4. The van der Waals surface area contributed by atoms with Crippen LogP contribution in [-0.2, 0) is 47.4 Å². The number of allylic oxidation sites excluding steroid dienone is 1. The number of hydrogen-bond acceptors (Lipinski definition) is 14. The van der Waals surface area contributed by atoms with Crippen LogP contribution in [0, 0.1) is 28.6 Å². The fourth-order valence-electron chi connectivity index (χ4n) is 12.3. The SMILES string of the molecule is CO[C@@H]1[C@@H](O)[C@H](O[C@H]2[C@@H](OC)C[C@H](O[C@H]3[C@@H](OC)C[C@H](O[C@H]4CC[C@@]5(C)C(=CC[C@@H]6[C@@H]5C[C@@H](O)[C@]5(C)[C@@H](C(C)=O)CC[C@]65O)C4)O[C@@H]3C)O[C@@H]2C)O[C@H](C)[C@H]1O. The normalized spacial score (nSPS) is 53.4. The third-order valence-corrected chi connectivity index (χ3v) is 15.7. The molecule has 7 rings (SSSR count). The van der Waals surface area contributed by atoms with Crippen molar-refractivity contribution in [2.75, 3.05) is 21.3 Å². The smallest absolute Gasteiger partial charge is 0.187 e. The van der Waals surface area contributed by atoms with Gasteiger partial charge in [-0.3, -0.25) is 4.79 Å². The lowest BCUT2D eigenvalue weighted by Gasteiger charge is -2.62. The Bertz CT molecular complexity index is 1430. The first kappa shape index (κ1) is 43.0. The van der Waals surface area contributed by atoms with Crippen LogP contribution in [0.1, 0.15) is 99.3 Å². The summed E-state index contributed by atoms with van der Waals surface area (Å²) in [5.74, 6) is -0.127. The molecule has 56 heavy (non-hydrogen) atoms. The molecule has 3 aliphatic heterocycles. The second kappa shape index (κ2) is 16.4. The number of carbonyl (C=O) groups is 1. The van der Waals surface area contributed by atoms with E-state index in [2.05, 4.69) is 13.0 Å². The van der Waals surface area contributed by atoms with Gasteiger partial charge in [0.05, 0.1) is 48.3 Å². The summed E-state index contributed by atoms with van der Waals surface area (Å²) in [5, 5.41) is 45.2. The molecular formula is C42H68O14. The van der Waals surface area contributed by atoms with Crippen molar-refractivity contribution in [1.82, 2.24) is 0 Å². The van der Waals surface area contributed by atoms with Gasteiger partial charge in [-0.15, -0.1) is 0 Å². The van der Waals surface area contributed by atoms with Crippen LogP contribution in [0.3, 0.4) is 0 Å². The lowest BCUT2D eigenvalue weighted by Crippen LogP contribution is -2.66. The zero-order chi connectivity index (χ0) is 40.5. The summed E-state index contributed by atoms with van der Waals surface area (Å²) in [6.45, 7) is 11.4. The second-order valence-electron chi connectivity index (χ2n) is 18.4. The number of fused-ring (bicyclic) bond motifs is 5. The number of rotatable bonds is 10. The van der Waals surface area contributed by atoms with Crippen LogP contribution in [0.15, 0.2) is 11.6 Å². The van der Waals surface area contributed by atoms with Gasteiger partial charge >= 0.3 is 0 Å². The number of aliphatic hydroxyl groups excluding tert-OH is 3. The summed E-state index contributed by atoms with van der Waals surface area (Å²) in [7, 11) is 4.69. The maximum Gasteiger partial charge on any atom is 0.187 e. The lowest BCUT2D eigenvalue weighted by molar-refractivity contribution is -0.352. The molecule has 4 aliphatic carbocycles. The van der Waals surface area contributed by atoms with E-state index in [9.17, 15) is 25.2 Å². The van der Waals surface area contributed by atoms with Crippen LogP contribution in [-0.4, -0.2) is 145 Å². The van der Waals surface area contributed by atoms with E-state index in [1.807, 2.05) is 20.8 Å². The third kappa shape index (κ3) is 7.17. The van der Waals surface area contributed by atoms with Gasteiger partial charge in [0.15, 0.2) is 18.9 Å². The average molecular weight is 797 g/mol.